The second kappa shape index (κ2) is 69.9. The van der Waals surface area contributed by atoms with Crippen molar-refractivity contribution in [1.29, 1.82) is 0 Å². The maximum absolute atomic E-state index is 12.6. The number of nitrogens with one attached hydrogen (secondary N) is 1. The molecule has 0 aliphatic carbocycles. The van der Waals surface area contributed by atoms with Crippen molar-refractivity contribution in [2.75, 3.05) is 6.61 Å². The minimum Gasteiger partial charge on any atom is -0.394 e. The topological polar surface area (TPSA) is 69.6 Å². The van der Waals surface area contributed by atoms with E-state index in [1.54, 1.807) is 0 Å². The summed E-state index contributed by atoms with van der Waals surface area (Å²) in [7, 11) is 0. The second-order valence-corrected chi connectivity index (χ2v) is 25.0. The molecule has 0 saturated carbocycles. The van der Waals surface area contributed by atoms with Crippen molar-refractivity contribution in [2.24, 2.45) is 0 Å². The van der Waals surface area contributed by atoms with E-state index in [-0.39, 0.29) is 12.5 Å². The summed E-state index contributed by atoms with van der Waals surface area (Å²) in [4.78, 5) is 12.6. The molecule has 3 N–H and O–H groups in total. The molecule has 4 nitrogen and oxygen atoms in total. The van der Waals surface area contributed by atoms with Crippen LogP contribution in [0.4, 0.5) is 0 Å². The Morgan fingerprint density at radius 3 is 0.782 bits per heavy atom. The van der Waals surface area contributed by atoms with Gasteiger partial charge in [0.2, 0.25) is 5.91 Å². The highest BCUT2D eigenvalue weighted by molar-refractivity contribution is 5.76. The van der Waals surface area contributed by atoms with Crippen molar-refractivity contribution in [3.8, 4) is 0 Å². The summed E-state index contributed by atoms with van der Waals surface area (Å²) >= 11 is 0. The minimum atomic E-state index is -0.660. The Morgan fingerprint density at radius 2 is 0.526 bits per heavy atom. The number of hydrogen-bond donors (Lipinski definition) is 3. The van der Waals surface area contributed by atoms with E-state index >= 15 is 0 Å². The summed E-state index contributed by atoms with van der Waals surface area (Å²) in [6.45, 7) is 4.39. The lowest BCUT2D eigenvalue weighted by Crippen LogP contribution is -2.45. The van der Waals surface area contributed by atoms with Gasteiger partial charge >= 0.3 is 0 Å². The van der Waals surface area contributed by atoms with Crippen molar-refractivity contribution in [2.45, 2.75) is 424 Å². The van der Waals surface area contributed by atoms with E-state index in [2.05, 4.69) is 55.6 Å². The number of aliphatic hydroxyl groups excluding tert-OH is 2. The van der Waals surface area contributed by atoms with E-state index in [1.807, 2.05) is 0 Å². The Hall–Kier alpha value is -1.39. The Kier molecular flexibility index (Phi) is 68.6. The van der Waals surface area contributed by atoms with Gasteiger partial charge in [0.1, 0.15) is 0 Å². The highest BCUT2D eigenvalue weighted by atomic mass is 16.3. The molecule has 0 spiro atoms. The number of aliphatic hydroxyl groups is 2. The van der Waals surface area contributed by atoms with E-state index in [0.29, 0.717) is 12.8 Å². The third-order valence-electron chi connectivity index (χ3n) is 17.2. The van der Waals surface area contributed by atoms with Gasteiger partial charge in [0.15, 0.2) is 0 Å². The SMILES string of the molecule is CCCCCCC/C=C\C/C=C\C/C=C\CCCCCCCCCCCCCCCCCCCCCCC(=O)NC(CO)C(O)CCCCCCCCCCCCCCCCCCCCCCCCCCCCCCCCC. The van der Waals surface area contributed by atoms with E-state index < -0.39 is 12.1 Å². The van der Waals surface area contributed by atoms with Gasteiger partial charge in [-0.3, -0.25) is 4.79 Å². The average Bonchev–Trinajstić information content (AvgIpc) is 3.44. The molecule has 0 radical (unpaired) electrons. The van der Waals surface area contributed by atoms with E-state index in [1.165, 1.54) is 347 Å². The molecular weight excluding hydrogens is 951 g/mol. The van der Waals surface area contributed by atoms with Crippen LogP contribution < -0.4 is 5.32 Å². The summed E-state index contributed by atoms with van der Waals surface area (Å²) in [6, 6.07) is -0.537. The quantitative estimate of drug-likeness (QED) is 0.0420. The predicted molar refractivity (Wildman–Crippen MR) is 350 cm³/mol. The van der Waals surface area contributed by atoms with Gasteiger partial charge in [-0.05, 0) is 51.4 Å². The lowest BCUT2D eigenvalue weighted by Gasteiger charge is -2.22. The number of amides is 1. The number of unbranched alkanes of at least 4 members (excludes halogenated alkanes) is 55. The van der Waals surface area contributed by atoms with Crippen LogP contribution >= 0.6 is 0 Å². The number of hydrogen-bond acceptors (Lipinski definition) is 3. The summed E-state index contributed by atoms with van der Waals surface area (Å²) in [5.41, 5.74) is 0. The Bertz CT molecular complexity index is 1190. The molecule has 0 saturated heterocycles. The number of allylic oxidation sites excluding steroid dienone is 6. The molecular formula is C74H143NO3. The molecule has 0 rings (SSSR count). The molecule has 78 heavy (non-hydrogen) atoms. The van der Waals surface area contributed by atoms with Crippen molar-refractivity contribution in [3.05, 3.63) is 36.5 Å². The van der Waals surface area contributed by atoms with Gasteiger partial charge in [-0.15, -0.1) is 0 Å². The molecule has 4 heteroatoms. The second-order valence-electron chi connectivity index (χ2n) is 25.0. The number of carbonyl (C=O) groups excluding carboxylic acids is 1. The van der Waals surface area contributed by atoms with Crippen LogP contribution in [0.1, 0.15) is 412 Å². The van der Waals surface area contributed by atoms with Gasteiger partial charge in [0.25, 0.3) is 0 Å². The van der Waals surface area contributed by atoms with Crippen molar-refractivity contribution < 1.29 is 15.0 Å². The first-order valence-corrected chi connectivity index (χ1v) is 36.2. The average molecular weight is 1090 g/mol. The molecule has 1 amide bonds. The zero-order valence-corrected chi connectivity index (χ0v) is 53.5. The third kappa shape index (κ3) is 65.4. The highest BCUT2D eigenvalue weighted by Crippen LogP contribution is 2.20. The smallest absolute Gasteiger partial charge is 0.220 e. The molecule has 0 heterocycles. The summed E-state index contributed by atoms with van der Waals surface area (Å²) < 4.78 is 0. The number of rotatable bonds is 68. The fourth-order valence-electron chi connectivity index (χ4n) is 11.7. The zero-order chi connectivity index (χ0) is 56.2. The van der Waals surface area contributed by atoms with Gasteiger partial charge in [-0.1, -0.05) is 391 Å². The zero-order valence-electron chi connectivity index (χ0n) is 53.5. The normalized spacial score (nSPS) is 12.8. The molecule has 0 aromatic rings. The molecule has 0 fully saturated rings. The third-order valence-corrected chi connectivity index (χ3v) is 17.2. The number of carbonyl (C=O) groups is 1. The lowest BCUT2D eigenvalue weighted by atomic mass is 10.0. The fourth-order valence-corrected chi connectivity index (χ4v) is 11.7. The van der Waals surface area contributed by atoms with Crippen LogP contribution in [0.2, 0.25) is 0 Å². The Balaban J connectivity index is 3.38. The van der Waals surface area contributed by atoms with Gasteiger partial charge in [0, 0.05) is 6.42 Å². The molecule has 2 unspecified atom stereocenters. The molecule has 0 aromatic carbocycles. The van der Waals surface area contributed by atoms with Crippen LogP contribution in [0.5, 0.6) is 0 Å². The molecule has 0 aliphatic heterocycles. The highest BCUT2D eigenvalue weighted by Gasteiger charge is 2.20. The fraction of sp³-hybridized carbons (Fsp3) is 0.905. The van der Waals surface area contributed by atoms with E-state index in [0.717, 1.165) is 38.5 Å². The molecule has 0 bridgehead atoms. The maximum atomic E-state index is 12.6. The van der Waals surface area contributed by atoms with Gasteiger partial charge in [-0.2, -0.15) is 0 Å². The van der Waals surface area contributed by atoms with Gasteiger partial charge in [-0.25, -0.2) is 0 Å². The first-order chi connectivity index (χ1) is 38.7. The van der Waals surface area contributed by atoms with Crippen molar-refractivity contribution >= 4 is 5.91 Å². The lowest BCUT2D eigenvalue weighted by molar-refractivity contribution is -0.123. The molecule has 0 aliphatic rings. The van der Waals surface area contributed by atoms with E-state index in [9.17, 15) is 15.0 Å². The van der Waals surface area contributed by atoms with Gasteiger partial charge < -0.3 is 15.5 Å². The first kappa shape index (κ1) is 76.6. The Morgan fingerprint density at radius 1 is 0.308 bits per heavy atom. The first-order valence-electron chi connectivity index (χ1n) is 36.2. The van der Waals surface area contributed by atoms with Crippen LogP contribution in [-0.2, 0) is 4.79 Å². The van der Waals surface area contributed by atoms with E-state index in [4.69, 9.17) is 0 Å². The van der Waals surface area contributed by atoms with Crippen LogP contribution in [-0.4, -0.2) is 34.9 Å². The van der Waals surface area contributed by atoms with Crippen molar-refractivity contribution in [3.63, 3.8) is 0 Å². The summed E-state index contributed by atoms with van der Waals surface area (Å²) in [5, 5.41) is 23.5. The maximum Gasteiger partial charge on any atom is 0.220 e. The van der Waals surface area contributed by atoms with Crippen LogP contribution in [0, 0.1) is 0 Å². The predicted octanol–water partition coefficient (Wildman–Crippen LogP) is 24.7. The summed E-state index contributed by atoms with van der Waals surface area (Å²) in [5.74, 6) is -0.0226. The molecule has 2 atom stereocenters. The standard InChI is InChI=1S/C74H143NO3/c1-3-5-7-9-11-13-15-17-19-21-23-25-27-29-31-33-35-36-37-38-40-42-44-46-48-50-52-54-56-58-60-62-64-66-68-70-74(78)75-72(71-76)73(77)69-67-65-63-61-59-57-55-53-51-49-47-45-43-41-39-34-32-30-28-26-24-22-20-18-16-14-12-10-8-6-4-2/h15,17,21,23,27,29,72-73,76-77H,3-14,16,18-20,22,24-26,28,30-71H2,1-2H3,(H,75,78)/b17-15-,23-21-,29-27-. The van der Waals surface area contributed by atoms with Crippen LogP contribution in [0.15, 0.2) is 36.5 Å². The van der Waals surface area contributed by atoms with Crippen LogP contribution in [0.3, 0.4) is 0 Å². The van der Waals surface area contributed by atoms with Gasteiger partial charge in [0.05, 0.1) is 18.8 Å². The molecule has 462 valence electrons. The Labute approximate surface area is 491 Å². The monoisotopic (exact) mass is 1090 g/mol. The largest absolute Gasteiger partial charge is 0.394 e. The molecule has 0 aromatic heterocycles. The minimum absolute atomic E-state index is 0.0226. The van der Waals surface area contributed by atoms with Crippen molar-refractivity contribution in [1.82, 2.24) is 5.32 Å². The van der Waals surface area contributed by atoms with Crippen LogP contribution in [0.25, 0.3) is 0 Å². The summed E-state index contributed by atoms with van der Waals surface area (Å²) in [6.07, 6.45) is 96.4.